The minimum atomic E-state index is -0.592. The fourth-order valence-corrected chi connectivity index (χ4v) is 2.20. The van der Waals surface area contributed by atoms with Gasteiger partial charge >= 0.3 is 0 Å². The lowest BCUT2D eigenvalue weighted by molar-refractivity contribution is 0.195. The van der Waals surface area contributed by atoms with Gasteiger partial charge in [0.2, 0.25) is 0 Å². The van der Waals surface area contributed by atoms with Gasteiger partial charge in [-0.25, -0.2) is 0 Å². The van der Waals surface area contributed by atoms with Crippen LogP contribution in [0.2, 0.25) is 0 Å². The summed E-state index contributed by atoms with van der Waals surface area (Å²) >= 11 is 0. The van der Waals surface area contributed by atoms with Crippen molar-refractivity contribution in [3.05, 3.63) is 58.7 Å². The monoisotopic (exact) mass is 267 g/mol. The maximum atomic E-state index is 9.78. The molecule has 2 aromatic carbocycles. The molecular formula is C17H17NO2. The van der Waals surface area contributed by atoms with Crippen LogP contribution in [0.3, 0.4) is 0 Å². The van der Waals surface area contributed by atoms with Gasteiger partial charge in [0.1, 0.15) is 11.5 Å². The Bertz CT molecular complexity index is 646. The van der Waals surface area contributed by atoms with Gasteiger partial charge in [0.05, 0.1) is 17.7 Å². The van der Waals surface area contributed by atoms with Crippen LogP contribution < -0.4 is 4.74 Å². The van der Waals surface area contributed by atoms with Crippen LogP contribution in [0, 0.1) is 25.2 Å². The van der Waals surface area contributed by atoms with Crippen molar-refractivity contribution in [2.75, 3.05) is 0 Å². The lowest BCUT2D eigenvalue weighted by Crippen LogP contribution is -1.98. The average molecular weight is 267 g/mol. The highest BCUT2D eigenvalue weighted by Crippen LogP contribution is 2.33. The van der Waals surface area contributed by atoms with Crippen molar-refractivity contribution >= 4 is 0 Å². The first-order chi connectivity index (χ1) is 9.52. The molecule has 0 amide bonds. The SMILES string of the molecule is Cc1cc(C#N)cc(C)c1Oc1ccccc1C(C)O. The van der Waals surface area contributed by atoms with Gasteiger partial charge in [-0.1, -0.05) is 18.2 Å². The number of aliphatic hydroxyl groups is 1. The number of para-hydroxylation sites is 1. The molecular weight excluding hydrogens is 250 g/mol. The Hall–Kier alpha value is -2.31. The summed E-state index contributed by atoms with van der Waals surface area (Å²) in [5.41, 5.74) is 3.18. The quantitative estimate of drug-likeness (QED) is 0.913. The van der Waals surface area contributed by atoms with E-state index in [1.54, 1.807) is 19.1 Å². The lowest BCUT2D eigenvalue weighted by Gasteiger charge is -2.16. The zero-order valence-electron chi connectivity index (χ0n) is 11.8. The van der Waals surface area contributed by atoms with Gasteiger partial charge in [0.25, 0.3) is 0 Å². The van der Waals surface area contributed by atoms with E-state index in [-0.39, 0.29) is 0 Å². The van der Waals surface area contributed by atoms with Crippen molar-refractivity contribution in [1.29, 1.82) is 5.26 Å². The molecule has 0 saturated carbocycles. The van der Waals surface area contributed by atoms with Crippen molar-refractivity contribution in [1.82, 2.24) is 0 Å². The minimum absolute atomic E-state index is 0.592. The van der Waals surface area contributed by atoms with Gasteiger partial charge in [-0.15, -0.1) is 0 Å². The number of aliphatic hydroxyl groups excluding tert-OH is 1. The van der Waals surface area contributed by atoms with E-state index < -0.39 is 6.10 Å². The molecule has 0 aliphatic rings. The second kappa shape index (κ2) is 5.77. The topological polar surface area (TPSA) is 53.2 Å². The van der Waals surface area contributed by atoms with Gasteiger partial charge in [0.15, 0.2) is 0 Å². The predicted octanol–water partition coefficient (Wildman–Crippen LogP) is 4.02. The Labute approximate surface area is 119 Å². The molecule has 0 saturated heterocycles. The van der Waals surface area contributed by atoms with E-state index in [1.165, 1.54) is 0 Å². The summed E-state index contributed by atoms with van der Waals surface area (Å²) < 4.78 is 5.96. The third-order valence-corrected chi connectivity index (χ3v) is 3.17. The molecule has 2 rings (SSSR count). The van der Waals surface area contributed by atoms with Gasteiger partial charge in [-0.3, -0.25) is 0 Å². The summed E-state index contributed by atoms with van der Waals surface area (Å²) in [5.74, 6) is 1.37. The number of nitriles is 1. The van der Waals surface area contributed by atoms with E-state index in [0.29, 0.717) is 11.3 Å². The Morgan fingerprint density at radius 1 is 1.15 bits per heavy atom. The van der Waals surface area contributed by atoms with E-state index in [2.05, 4.69) is 6.07 Å². The molecule has 0 aromatic heterocycles. The molecule has 0 fully saturated rings. The molecule has 1 atom stereocenters. The largest absolute Gasteiger partial charge is 0.456 e. The summed E-state index contributed by atoms with van der Waals surface area (Å²) in [6, 6.07) is 13.1. The third kappa shape index (κ3) is 2.81. The highest BCUT2D eigenvalue weighted by molar-refractivity contribution is 5.50. The predicted molar refractivity (Wildman–Crippen MR) is 77.8 cm³/mol. The van der Waals surface area contributed by atoms with Crippen LogP contribution in [-0.4, -0.2) is 5.11 Å². The van der Waals surface area contributed by atoms with Crippen molar-refractivity contribution in [2.24, 2.45) is 0 Å². The van der Waals surface area contributed by atoms with Crippen LogP contribution >= 0.6 is 0 Å². The van der Waals surface area contributed by atoms with E-state index in [9.17, 15) is 5.11 Å². The van der Waals surface area contributed by atoms with Crippen LogP contribution in [-0.2, 0) is 0 Å². The van der Waals surface area contributed by atoms with Gasteiger partial charge in [-0.05, 0) is 50.1 Å². The number of hydrogen-bond donors (Lipinski definition) is 1. The summed E-state index contributed by atoms with van der Waals surface area (Å²) in [5, 5.41) is 18.7. The molecule has 3 nitrogen and oxygen atoms in total. The molecule has 1 N–H and O–H groups in total. The third-order valence-electron chi connectivity index (χ3n) is 3.17. The second-order valence-corrected chi connectivity index (χ2v) is 4.87. The second-order valence-electron chi connectivity index (χ2n) is 4.87. The zero-order chi connectivity index (χ0) is 14.7. The number of benzene rings is 2. The molecule has 0 radical (unpaired) electrons. The first-order valence-electron chi connectivity index (χ1n) is 6.49. The van der Waals surface area contributed by atoms with E-state index in [1.807, 2.05) is 38.1 Å². The number of aryl methyl sites for hydroxylation is 2. The molecule has 3 heteroatoms. The van der Waals surface area contributed by atoms with Crippen LogP contribution in [0.15, 0.2) is 36.4 Å². The maximum Gasteiger partial charge on any atom is 0.133 e. The van der Waals surface area contributed by atoms with Crippen LogP contribution in [0.1, 0.15) is 35.3 Å². The minimum Gasteiger partial charge on any atom is -0.456 e. The fourth-order valence-electron chi connectivity index (χ4n) is 2.20. The summed E-state index contributed by atoms with van der Waals surface area (Å²) in [7, 11) is 0. The molecule has 0 aliphatic carbocycles. The zero-order valence-corrected chi connectivity index (χ0v) is 11.8. The van der Waals surface area contributed by atoms with E-state index >= 15 is 0 Å². The highest BCUT2D eigenvalue weighted by atomic mass is 16.5. The van der Waals surface area contributed by atoms with Crippen LogP contribution in [0.4, 0.5) is 0 Å². The summed E-state index contributed by atoms with van der Waals surface area (Å²) in [4.78, 5) is 0. The normalized spacial score (nSPS) is 11.8. The van der Waals surface area contributed by atoms with E-state index in [0.717, 1.165) is 22.4 Å². The molecule has 0 spiro atoms. The van der Waals surface area contributed by atoms with Crippen molar-refractivity contribution < 1.29 is 9.84 Å². The molecule has 1 unspecified atom stereocenters. The van der Waals surface area contributed by atoms with Crippen LogP contribution in [0.5, 0.6) is 11.5 Å². The Kier molecular flexibility index (Phi) is 4.07. The number of rotatable bonds is 3. The van der Waals surface area contributed by atoms with Crippen molar-refractivity contribution in [2.45, 2.75) is 26.9 Å². The molecule has 102 valence electrons. The molecule has 20 heavy (non-hydrogen) atoms. The molecule has 2 aromatic rings. The first-order valence-corrected chi connectivity index (χ1v) is 6.49. The molecule has 0 bridgehead atoms. The lowest BCUT2D eigenvalue weighted by atomic mass is 10.1. The standard InChI is InChI=1S/C17H17NO2/c1-11-8-14(10-18)9-12(2)17(11)20-16-7-5-4-6-15(16)13(3)19/h4-9,13,19H,1-3H3. The number of ether oxygens (including phenoxy) is 1. The smallest absolute Gasteiger partial charge is 0.133 e. The average Bonchev–Trinajstić information content (AvgIpc) is 2.42. The molecule has 0 aliphatic heterocycles. The first kappa shape index (κ1) is 14.1. The van der Waals surface area contributed by atoms with Crippen molar-refractivity contribution in [3.8, 4) is 17.6 Å². The maximum absolute atomic E-state index is 9.78. The van der Waals surface area contributed by atoms with Crippen LogP contribution in [0.25, 0.3) is 0 Å². The number of hydrogen-bond acceptors (Lipinski definition) is 3. The Balaban J connectivity index is 2.44. The van der Waals surface area contributed by atoms with Gasteiger partial charge in [0, 0.05) is 5.56 Å². The van der Waals surface area contributed by atoms with Crippen molar-refractivity contribution in [3.63, 3.8) is 0 Å². The number of nitrogens with zero attached hydrogens (tertiary/aromatic N) is 1. The summed E-state index contributed by atoms with van der Waals surface area (Å²) in [6.07, 6.45) is -0.592. The van der Waals surface area contributed by atoms with E-state index in [4.69, 9.17) is 10.00 Å². The Morgan fingerprint density at radius 2 is 1.75 bits per heavy atom. The fraction of sp³-hybridized carbons (Fsp3) is 0.235. The molecule has 0 heterocycles. The van der Waals surface area contributed by atoms with Gasteiger partial charge in [-0.2, -0.15) is 5.26 Å². The highest BCUT2D eigenvalue weighted by Gasteiger charge is 2.12. The Morgan fingerprint density at radius 3 is 2.30 bits per heavy atom. The van der Waals surface area contributed by atoms with Gasteiger partial charge < -0.3 is 9.84 Å². The summed E-state index contributed by atoms with van der Waals surface area (Å²) in [6.45, 7) is 5.53.